The quantitative estimate of drug-likeness (QED) is 0.406. The molecule has 6 atom stereocenters. The summed E-state index contributed by atoms with van der Waals surface area (Å²) in [7, 11) is 0. The Bertz CT molecular complexity index is 864. The summed E-state index contributed by atoms with van der Waals surface area (Å²) in [5.74, 6) is -6.72. The molecule has 3 fully saturated rings. The van der Waals surface area contributed by atoms with Crippen molar-refractivity contribution in [3.05, 3.63) is 0 Å². The zero-order valence-corrected chi connectivity index (χ0v) is 17.6. The van der Waals surface area contributed by atoms with Crippen molar-refractivity contribution in [2.24, 2.45) is 28.9 Å². The maximum atomic E-state index is 12.8. The second kappa shape index (κ2) is 8.98. The normalized spacial score (nSPS) is 30.9. The number of Topliss-reactive ketones (excluding diaryl/α,β-unsaturated/α-hetero) is 1. The minimum absolute atomic E-state index is 0.111. The average molecular weight is 503 g/mol. The summed E-state index contributed by atoms with van der Waals surface area (Å²) < 4.78 is 79.5. The number of carbonyl (C=O) groups excluding carboxylic acids is 4. The summed E-state index contributed by atoms with van der Waals surface area (Å²) in [6.45, 7) is -1.44. The summed E-state index contributed by atoms with van der Waals surface area (Å²) in [6.07, 6.45) is -13.6. The maximum absolute atomic E-state index is 12.8. The molecule has 2 aliphatic heterocycles. The largest absolute Gasteiger partial charge is 0.522 e. The molecule has 3 rings (SSSR count). The minimum atomic E-state index is -5.29. The fourth-order valence-electron chi connectivity index (χ4n) is 5.11. The highest BCUT2D eigenvalue weighted by Gasteiger charge is 2.66. The highest BCUT2D eigenvalue weighted by molar-refractivity contribution is 5.90. The van der Waals surface area contributed by atoms with Gasteiger partial charge in [-0.2, -0.15) is 13.2 Å². The maximum Gasteiger partial charge on any atom is 0.522 e. The van der Waals surface area contributed by atoms with Gasteiger partial charge in [0.1, 0.15) is 12.6 Å². The van der Waals surface area contributed by atoms with Crippen molar-refractivity contribution in [3.63, 3.8) is 0 Å². The SMILES string of the molecule is NC(=O)C1CC2(CC2[C@H](C[C@H]2CCNC2=O)C(=O)COC(F)(F)F)CN1C(=O)[C@@H](O)C(F)(F)F. The molecule has 15 heteroatoms. The number of nitrogens with zero attached hydrogens (tertiary/aromatic N) is 1. The molecule has 4 N–H and O–H groups in total. The fourth-order valence-corrected chi connectivity index (χ4v) is 5.11. The van der Waals surface area contributed by atoms with Gasteiger partial charge in [-0.1, -0.05) is 0 Å². The molecule has 1 spiro atoms. The monoisotopic (exact) mass is 503 g/mol. The Kier molecular flexibility index (Phi) is 6.92. The summed E-state index contributed by atoms with van der Waals surface area (Å²) in [4.78, 5) is 49.2. The van der Waals surface area contributed by atoms with E-state index in [0.717, 1.165) is 0 Å². The van der Waals surface area contributed by atoms with Gasteiger partial charge in [0.15, 0.2) is 5.78 Å². The Labute approximate surface area is 188 Å². The lowest BCUT2D eigenvalue weighted by molar-refractivity contribution is -0.321. The number of rotatable bonds is 8. The molecule has 0 aromatic heterocycles. The van der Waals surface area contributed by atoms with Crippen molar-refractivity contribution in [1.29, 1.82) is 0 Å². The van der Waals surface area contributed by atoms with Gasteiger partial charge in [-0.25, -0.2) is 0 Å². The molecule has 0 aromatic rings. The van der Waals surface area contributed by atoms with Crippen molar-refractivity contribution < 1.29 is 55.4 Å². The van der Waals surface area contributed by atoms with Crippen LogP contribution in [-0.4, -0.2) is 77.9 Å². The summed E-state index contributed by atoms with van der Waals surface area (Å²) >= 11 is 0. The van der Waals surface area contributed by atoms with E-state index < -0.39 is 78.6 Å². The van der Waals surface area contributed by atoms with E-state index in [4.69, 9.17) is 5.73 Å². The van der Waals surface area contributed by atoms with E-state index in [-0.39, 0.29) is 25.2 Å². The third-order valence-corrected chi connectivity index (χ3v) is 6.85. The highest BCUT2D eigenvalue weighted by Crippen LogP contribution is 2.64. The number of nitrogens with one attached hydrogen (secondary N) is 1. The van der Waals surface area contributed by atoms with Crippen molar-refractivity contribution in [2.75, 3.05) is 19.7 Å². The first kappa shape index (κ1) is 26.2. The second-order valence-corrected chi connectivity index (χ2v) is 9.03. The first-order valence-electron chi connectivity index (χ1n) is 10.4. The van der Waals surface area contributed by atoms with Gasteiger partial charge in [0.25, 0.3) is 5.91 Å². The third kappa shape index (κ3) is 5.45. The van der Waals surface area contributed by atoms with Crippen LogP contribution in [0.4, 0.5) is 26.3 Å². The van der Waals surface area contributed by atoms with Gasteiger partial charge < -0.3 is 21.1 Å². The van der Waals surface area contributed by atoms with E-state index in [1.54, 1.807) is 0 Å². The molecule has 0 radical (unpaired) electrons. The van der Waals surface area contributed by atoms with Crippen LogP contribution in [-0.2, 0) is 23.9 Å². The van der Waals surface area contributed by atoms with Crippen molar-refractivity contribution >= 4 is 23.5 Å². The Balaban J connectivity index is 1.81. The van der Waals surface area contributed by atoms with E-state index in [1.807, 2.05) is 0 Å². The van der Waals surface area contributed by atoms with Crippen LogP contribution in [0.1, 0.15) is 25.7 Å². The number of ketones is 1. The lowest BCUT2D eigenvalue weighted by Gasteiger charge is -2.26. The number of alkyl halides is 6. The molecule has 1 aliphatic carbocycles. The Morgan fingerprint density at radius 1 is 1.21 bits per heavy atom. The van der Waals surface area contributed by atoms with E-state index in [1.165, 1.54) is 0 Å². The molecule has 3 amide bonds. The van der Waals surface area contributed by atoms with Crippen LogP contribution in [0.3, 0.4) is 0 Å². The molecule has 0 aromatic carbocycles. The topological polar surface area (TPSA) is 139 Å². The van der Waals surface area contributed by atoms with E-state index >= 15 is 0 Å². The number of carbonyl (C=O) groups is 4. The molecule has 34 heavy (non-hydrogen) atoms. The van der Waals surface area contributed by atoms with E-state index in [9.17, 15) is 50.6 Å². The number of halogens is 6. The number of aliphatic hydroxyl groups excluding tert-OH is 1. The third-order valence-electron chi connectivity index (χ3n) is 6.85. The molecule has 2 heterocycles. The lowest BCUT2D eigenvalue weighted by Crippen LogP contribution is -2.51. The molecule has 2 saturated heterocycles. The smallest absolute Gasteiger partial charge is 0.376 e. The highest BCUT2D eigenvalue weighted by atomic mass is 19.4. The molecule has 1 saturated carbocycles. The number of primary amides is 1. The predicted molar refractivity (Wildman–Crippen MR) is 98.2 cm³/mol. The van der Waals surface area contributed by atoms with Crippen LogP contribution >= 0.6 is 0 Å². The predicted octanol–water partition coefficient (Wildman–Crippen LogP) is 0.250. The zero-order chi connectivity index (χ0) is 25.6. The zero-order valence-electron chi connectivity index (χ0n) is 17.6. The van der Waals surface area contributed by atoms with Gasteiger partial charge >= 0.3 is 12.5 Å². The molecular weight excluding hydrogens is 480 g/mol. The van der Waals surface area contributed by atoms with Crippen molar-refractivity contribution in [3.8, 4) is 0 Å². The van der Waals surface area contributed by atoms with Crippen molar-refractivity contribution in [1.82, 2.24) is 10.2 Å². The average Bonchev–Trinajstić information content (AvgIpc) is 3.02. The van der Waals surface area contributed by atoms with Gasteiger partial charge in [-0.15, -0.1) is 13.2 Å². The molecule has 9 nitrogen and oxygen atoms in total. The van der Waals surface area contributed by atoms with Gasteiger partial charge in [0, 0.05) is 24.9 Å². The molecular formula is C19H23F6N3O6. The molecule has 0 bridgehead atoms. The van der Waals surface area contributed by atoms with Crippen LogP contribution in [0.5, 0.6) is 0 Å². The number of hydrogen-bond donors (Lipinski definition) is 3. The first-order valence-corrected chi connectivity index (χ1v) is 10.4. The van der Waals surface area contributed by atoms with Gasteiger partial charge in [0.2, 0.25) is 17.9 Å². The first-order chi connectivity index (χ1) is 15.6. The van der Waals surface area contributed by atoms with Crippen LogP contribution in [0, 0.1) is 23.2 Å². The lowest BCUT2D eigenvalue weighted by atomic mass is 9.83. The van der Waals surface area contributed by atoms with Gasteiger partial charge in [0.05, 0.1) is 0 Å². The number of ether oxygens (including phenoxy) is 1. The molecule has 3 aliphatic rings. The van der Waals surface area contributed by atoms with Crippen LogP contribution < -0.4 is 11.1 Å². The number of hydrogen-bond acceptors (Lipinski definition) is 6. The second-order valence-electron chi connectivity index (χ2n) is 9.03. The Hall–Kier alpha value is -2.42. The van der Waals surface area contributed by atoms with E-state index in [0.29, 0.717) is 17.9 Å². The summed E-state index contributed by atoms with van der Waals surface area (Å²) in [6, 6.07) is -1.49. The van der Waals surface area contributed by atoms with E-state index in [2.05, 4.69) is 10.1 Å². The summed E-state index contributed by atoms with van der Waals surface area (Å²) in [5.41, 5.74) is 4.19. The standard InChI is InChI=1S/C19H23F6N3O6/c20-18(21,22)13(30)16(33)28-7-17(5-11(28)14(26)31)4-10(17)9(3-8-1-2-27-15(8)32)12(29)6-34-19(23,24)25/h8-11,13,30H,1-7H2,(H2,26,31)(H,27,32)/t8-,9+,10?,11?,13-,17?/m1/s1. The molecule has 3 unspecified atom stereocenters. The van der Waals surface area contributed by atoms with Crippen LogP contribution in [0.2, 0.25) is 0 Å². The number of likely N-dealkylation sites (tertiary alicyclic amines) is 1. The Morgan fingerprint density at radius 2 is 1.85 bits per heavy atom. The van der Waals surface area contributed by atoms with Gasteiger partial charge in [-0.3, -0.25) is 23.9 Å². The summed E-state index contributed by atoms with van der Waals surface area (Å²) in [5, 5.41) is 11.9. The minimum Gasteiger partial charge on any atom is -0.376 e. The van der Waals surface area contributed by atoms with Crippen LogP contribution in [0.25, 0.3) is 0 Å². The van der Waals surface area contributed by atoms with Gasteiger partial charge in [-0.05, 0) is 37.0 Å². The number of aliphatic hydroxyl groups is 1. The van der Waals surface area contributed by atoms with Crippen molar-refractivity contribution in [2.45, 2.75) is 50.4 Å². The Morgan fingerprint density at radius 3 is 2.35 bits per heavy atom. The number of nitrogens with two attached hydrogens (primary N) is 1. The van der Waals surface area contributed by atoms with Crippen LogP contribution in [0.15, 0.2) is 0 Å². The molecule has 192 valence electrons. The number of amides is 3. The fraction of sp³-hybridized carbons (Fsp3) is 0.789.